The molecule has 60 valence electrons. The highest BCUT2D eigenvalue weighted by Gasteiger charge is 1.69. The van der Waals surface area contributed by atoms with Gasteiger partial charge >= 0.3 is 0 Å². The first-order valence-electron chi connectivity index (χ1n) is 3.31. The lowest BCUT2D eigenvalue weighted by Gasteiger charge is -1.90. The number of hydrogen-bond acceptors (Lipinski definition) is 1. The number of rotatable bonds is 4. The fourth-order valence-electron chi connectivity index (χ4n) is 0.287. The maximum Gasteiger partial charge on any atom is 0.0195 e. The molecule has 0 aromatic carbocycles. The zero-order valence-electron chi connectivity index (χ0n) is 6.57. The monoisotopic (exact) mass is 161 g/mol. The van der Waals surface area contributed by atoms with E-state index in [1.807, 2.05) is 19.1 Å². The van der Waals surface area contributed by atoms with Crippen LogP contribution in [-0.2, 0) is 0 Å². The molecule has 0 radical (unpaired) electrons. The molecule has 0 spiro atoms. The van der Waals surface area contributed by atoms with Crippen molar-refractivity contribution in [2.45, 2.75) is 6.92 Å². The molecule has 0 unspecified atom stereocenters. The normalized spacial score (nSPS) is 7.40. The second-order valence-corrected chi connectivity index (χ2v) is 2.04. The molecule has 0 amide bonds. The van der Waals surface area contributed by atoms with Crippen molar-refractivity contribution in [1.82, 2.24) is 5.32 Å². The van der Waals surface area contributed by atoms with Gasteiger partial charge < -0.3 is 5.32 Å². The average molecular weight is 162 g/mol. The summed E-state index contributed by atoms with van der Waals surface area (Å²) in [6.45, 7) is 10.7. The summed E-state index contributed by atoms with van der Waals surface area (Å²) in [5.74, 6) is 0.722. The third-order valence-corrected chi connectivity index (χ3v) is 0.577. The Morgan fingerprint density at radius 3 is 1.80 bits per heavy atom. The minimum Gasteiger partial charge on any atom is -0.310 e. The molecule has 2 heteroatoms. The van der Waals surface area contributed by atoms with E-state index in [1.165, 1.54) is 0 Å². The summed E-state index contributed by atoms with van der Waals surface area (Å²) in [5.41, 5.74) is 0. The summed E-state index contributed by atoms with van der Waals surface area (Å²) in [6, 6.07) is 0. The van der Waals surface area contributed by atoms with Crippen LogP contribution in [0.3, 0.4) is 0 Å². The predicted octanol–water partition coefficient (Wildman–Crippen LogP) is 2.19. The Labute approximate surface area is 68.8 Å². The van der Waals surface area contributed by atoms with E-state index in [9.17, 15) is 0 Å². The van der Waals surface area contributed by atoms with E-state index >= 15 is 0 Å². The third-order valence-electron chi connectivity index (χ3n) is 0.577. The lowest BCUT2D eigenvalue weighted by atomic mass is 10.5. The topological polar surface area (TPSA) is 12.0 Å². The summed E-state index contributed by atoms with van der Waals surface area (Å²) in [6.07, 6.45) is 3.65. The summed E-state index contributed by atoms with van der Waals surface area (Å²) in [4.78, 5) is 0. The van der Waals surface area contributed by atoms with Gasteiger partial charge in [0.25, 0.3) is 0 Å². The van der Waals surface area contributed by atoms with Gasteiger partial charge in [-0.15, -0.1) is 24.8 Å². The predicted molar refractivity (Wildman–Crippen MR) is 49.7 cm³/mol. The lowest BCUT2D eigenvalue weighted by Crippen LogP contribution is -2.11. The van der Waals surface area contributed by atoms with Crippen LogP contribution in [-0.4, -0.2) is 19.0 Å². The van der Waals surface area contributed by atoms with E-state index in [-0.39, 0.29) is 0 Å². The molecule has 0 heterocycles. The van der Waals surface area contributed by atoms with Gasteiger partial charge in [-0.1, -0.05) is 19.1 Å². The summed E-state index contributed by atoms with van der Waals surface area (Å²) in [5, 5.41) is 3.05. The van der Waals surface area contributed by atoms with Crippen LogP contribution < -0.4 is 5.32 Å². The minimum absolute atomic E-state index is 0.722. The van der Waals surface area contributed by atoms with Crippen molar-refractivity contribution < 1.29 is 0 Å². The Morgan fingerprint density at radius 1 is 1.30 bits per heavy atom. The van der Waals surface area contributed by atoms with Gasteiger partial charge in [0, 0.05) is 19.0 Å². The molecule has 0 aromatic heterocycles. The molecule has 0 aliphatic carbocycles. The van der Waals surface area contributed by atoms with Crippen molar-refractivity contribution in [3.05, 3.63) is 25.3 Å². The van der Waals surface area contributed by atoms with Crippen LogP contribution in [0.15, 0.2) is 25.3 Å². The molecule has 0 atom stereocenters. The van der Waals surface area contributed by atoms with Crippen LogP contribution in [0.2, 0.25) is 0 Å². The summed E-state index contributed by atoms with van der Waals surface area (Å²) < 4.78 is 0. The van der Waals surface area contributed by atoms with Crippen LogP contribution in [0.1, 0.15) is 6.92 Å². The number of nitrogens with one attached hydrogen (secondary N) is 1. The first-order chi connectivity index (χ1) is 4.83. The molecule has 0 rings (SSSR count). The van der Waals surface area contributed by atoms with Gasteiger partial charge in [-0.3, -0.25) is 0 Å². The molecule has 1 nitrogen and oxygen atoms in total. The quantitative estimate of drug-likeness (QED) is 0.379. The largest absolute Gasteiger partial charge is 0.310 e. The van der Waals surface area contributed by atoms with Crippen molar-refractivity contribution in [2.75, 3.05) is 19.0 Å². The Hall–Kier alpha value is -0.270. The van der Waals surface area contributed by atoms with Crippen molar-refractivity contribution >= 4 is 11.6 Å². The average Bonchev–Trinajstić information content (AvgIpc) is 1.91. The maximum absolute atomic E-state index is 5.00. The Bertz CT molecular complexity index is 63.7. The SMILES string of the molecule is C=CCNCC=C.CCCl. The zero-order chi connectivity index (χ0) is 8.24. The van der Waals surface area contributed by atoms with E-state index in [0.717, 1.165) is 19.0 Å². The van der Waals surface area contributed by atoms with E-state index in [4.69, 9.17) is 11.6 Å². The molecule has 1 N–H and O–H groups in total. The molecule has 0 aromatic rings. The molecule has 0 fully saturated rings. The Morgan fingerprint density at radius 2 is 1.60 bits per heavy atom. The second kappa shape index (κ2) is 15.9. The number of halogens is 1. The highest BCUT2D eigenvalue weighted by atomic mass is 35.5. The third kappa shape index (κ3) is 25.2. The highest BCUT2D eigenvalue weighted by Crippen LogP contribution is 1.60. The van der Waals surface area contributed by atoms with Gasteiger partial charge in [0.1, 0.15) is 0 Å². The van der Waals surface area contributed by atoms with E-state index < -0.39 is 0 Å². The second-order valence-electron chi connectivity index (χ2n) is 1.50. The first-order valence-corrected chi connectivity index (χ1v) is 3.85. The van der Waals surface area contributed by atoms with Gasteiger partial charge in [0.15, 0.2) is 0 Å². The molecule has 0 aliphatic heterocycles. The minimum atomic E-state index is 0.722. The van der Waals surface area contributed by atoms with Crippen molar-refractivity contribution in [1.29, 1.82) is 0 Å². The van der Waals surface area contributed by atoms with Gasteiger partial charge in [-0.2, -0.15) is 0 Å². The summed E-state index contributed by atoms with van der Waals surface area (Å²) in [7, 11) is 0. The molecule has 0 bridgehead atoms. The number of hydrogen-bond donors (Lipinski definition) is 1. The Kier molecular flexibility index (Phi) is 19.7. The zero-order valence-corrected chi connectivity index (χ0v) is 7.32. The van der Waals surface area contributed by atoms with E-state index in [2.05, 4.69) is 18.5 Å². The molecule has 10 heavy (non-hydrogen) atoms. The van der Waals surface area contributed by atoms with Crippen LogP contribution in [0.5, 0.6) is 0 Å². The van der Waals surface area contributed by atoms with Crippen LogP contribution in [0.4, 0.5) is 0 Å². The standard InChI is InChI=1S/C6H11N.C2H5Cl/c1-3-5-7-6-4-2;1-2-3/h3-4,7H,1-2,5-6H2;2H2,1H3. The molecule has 0 saturated heterocycles. The lowest BCUT2D eigenvalue weighted by molar-refractivity contribution is 0.845. The van der Waals surface area contributed by atoms with Crippen LogP contribution >= 0.6 is 11.6 Å². The molecular weight excluding hydrogens is 146 g/mol. The fourth-order valence-corrected chi connectivity index (χ4v) is 0.287. The summed E-state index contributed by atoms with van der Waals surface area (Å²) >= 11 is 5.00. The smallest absolute Gasteiger partial charge is 0.0195 e. The highest BCUT2D eigenvalue weighted by molar-refractivity contribution is 6.17. The van der Waals surface area contributed by atoms with Crippen molar-refractivity contribution in [2.24, 2.45) is 0 Å². The van der Waals surface area contributed by atoms with Gasteiger partial charge in [-0.05, 0) is 0 Å². The van der Waals surface area contributed by atoms with Gasteiger partial charge in [0.05, 0.1) is 0 Å². The Balaban J connectivity index is 0. The van der Waals surface area contributed by atoms with Gasteiger partial charge in [-0.25, -0.2) is 0 Å². The first kappa shape index (κ1) is 12.4. The molecule has 0 aliphatic rings. The molecular formula is C8H16ClN. The van der Waals surface area contributed by atoms with E-state index in [1.54, 1.807) is 0 Å². The van der Waals surface area contributed by atoms with Gasteiger partial charge in [0.2, 0.25) is 0 Å². The fraction of sp³-hybridized carbons (Fsp3) is 0.500. The van der Waals surface area contributed by atoms with E-state index in [0.29, 0.717) is 0 Å². The van der Waals surface area contributed by atoms with Crippen LogP contribution in [0, 0.1) is 0 Å². The van der Waals surface area contributed by atoms with Crippen molar-refractivity contribution in [3.8, 4) is 0 Å². The molecule has 0 saturated carbocycles. The number of alkyl halides is 1. The van der Waals surface area contributed by atoms with Crippen molar-refractivity contribution in [3.63, 3.8) is 0 Å². The van der Waals surface area contributed by atoms with Crippen LogP contribution in [0.25, 0.3) is 0 Å². The maximum atomic E-state index is 5.00.